The van der Waals surface area contributed by atoms with Crippen molar-refractivity contribution in [2.24, 2.45) is 0 Å². The molecule has 0 aliphatic carbocycles. The average molecular weight is 323 g/mol. The number of aromatic nitrogens is 2. The topological polar surface area (TPSA) is 49.0 Å². The van der Waals surface area contributed by atoms with Crippen molar-refractivity contribution in [1.82, 2.24) is 9.97 Å². The van der Waals surface area contributed by atoms with Gasteiger partial charge in [-0.1, -0.05) is 15.9 Å². The summed E-state index contributed by atoms with van der Waals surface area (Å²) in [4.78, 5) is 20.6. The summed E-state index contributed by atoms with van der Waals surface area (Å²) >= 11 is 6.80. The van der Waals surface area contributed by atoms with E-state index >= 15 is 0 Å². The first-order valence-corrected chi connectivity index (χ1v) is 6.01. The molecule has 2 heterocycles. The molecule has 0 aromatic carbocycles. The quantitative estimate of drug-likeness (QED) is 0.797. The molecule has 4 nitrogen and oxygen atoms in total. The first-order chi connectivity index (χ1) is 6.68. The zero-order valence-corrected chi connectivity index (χ0v) is 10.5. The van der Waals surface area contributed by atoms with Gasteiger partial charge in [0.1, 0.15) is 10.3 Å². The summed E-state index contributed by atoms with van der Waals surface area (Å²) in [6.07, 6.45) is 2.52. The van der Waals surface area contributed by atoms with Gasteiger partial charge in [0.15, 0.2) is 0 Å². The fraction of sp³-hybridized carbons (Fsp3) is 0.500. The molecule has 1 aliphatic heterocycles. The number of H-pyrrole nitrogens is 1. The Morgan fingerprint density at radius 3 is 3.07 bits per heavy atom. The lowest BCUT2D eigenvalue weighted by Gasteiger charge is -2.16. The Bertz CT molecular complexity index is 392. The van der Waals surface area contributed by atoms with Gasteiger partial charge in [0.05, 0.1) is 6.33 Å². The third-order valence-electron chi connectivity index (χ3n) is 2.21. The zero-order valence-electron chi connectivity index (χ0n) is 7.33. The predicted octanol–water partition coefficient (Wildman–Crippen LogP) is 1.51. The predicted molar refractivity (Wildman–Crippen MR) is 62.1 cm³/mol. The second-order valence-electron chi connectivity index (χ2n) is 3.20. The van der Waals surface area contributed by atoms with Crippen LogP contribution in [0.4, 0.5) is 5.82 Å². The van der Waals surface area contributed by atoms with Gasteiger partial charge in [0.25, 0.3) is 5.56 Å². The molecule has 1 fully saturated rings. The number of aromatic amines is 1. The minimum absolute atomic E-state index is 0.131. The Balaban J connectivity index is 2.33. The first kappa shape index (κ1) is 10.2. The van der Waals surface area contributed by atoms with Crippen LogP contribution in [-0.2, 0) is 0 Å². The lowest BCUT2D eigenvalue weighted by Crippen LogP contribution is -2.24. The van der Waals surface area contributed by atoms with Gasteiger partial charge in [-0.25, -0.2) is 4.98 Å². The van der Waals surface area contributed by atoms with Crippen molar-refractivity contribution in [3.8, 4) is 0 Å². The number of halogens is 2. The summed E-state index contributed by atoms with van der Waals surface area (Å²) in [6, 6.07) is 0. The van der Waals surface area contributed by atoms with Crippen molar-refractivity contribution >= 4 is 37.7 Å². The van der Waals surface area contributed by atoms with E-state index in [1.807, 2.05) is 0 Å². The van der Waals surface area contributed by atoms with E-state index in [0.717, 1.165) is 25.3 Å². The summed E-state index contributed by atoms with van der Waals surface area (Å²) in [5.41, 5.74) is -0.131. The summed E-state index contributed by atoms with van der Waals surface area (Å²) in [5.74, 6) is 0.732. The number of hydrogen-bond acceptors (Lipinski definition) is 3. The number of hydrogen-bond donors (Lipinski definition) is 1. The smallest absolute Gasteiger partial charge is 0.267 e. The number of nitrogens with zero attached hydrogens (tertiary/aromatic N) is 2. The van der Waals surface area contributed by atoms with Gasteiger partial charge in [0.2, 0.25) is 0 Å². The third kappa shape index (κ3) is 1.86. The van der Waals surface area contributed by atoms with Crippen LogP contribution in [0.1, 0.15) is 6.42 Å². The molecule has 0 saturated carbocycles. The average Bonchev–Trinajstić information content (AvgIpc) is 2.57. The summed E-state index contributed by atoms with van der Waals surface area (Å²) in [7, 11) is 0. The van der Waals surface area contributed by atoms with E-state index in [1.165, 1.54) is 6.33 Å². The van der Waals surface area contributed by atoms with Gasteiger partial charge in [-0.15, -0.1) is 0 Å². The number of alkyl halides is 1. The molecule has 76 valence electrons. The lowest BCUT2D eigenvalue weighted by atomic mass is 10.4. The normalized spacial score (nSPS) is 21.6. The SMILES string of the molecule is O=c1[nH]cnc(N2CCC(Br)C2)c1Br. The summed E-state index contributed by atoms with van der Waals surface area (Å²) < 4.78 is 0.515. The van der Waals surface area contributed by atoms with Crippen molar-refractivity contribution in [3.63, 3.8) is 0 Å². The highest BCUT2D eigenvalue weighted by Crippen LogP contribution is 2.25. The minimum Gasteiger partial charge on any atom is -0.354 e. The van der Waals surface area contributed by atoms with Gasteiger partial charge in [-0.05, 0) is 22.4 Å². The van der Waals surface area contributed by atoms with E-state index in [4.69, 9.17) is 0 Å². The molecular weight excluding hydrogens is 314 g/mol. The Labute approximate surface area is 98.0 Å². The zero-order chi connectivity index (χ0) is 10.1. The van der Waals surface area contributed by atoms with Crippen LogP contribution in [0.2, 0.25) is 0 Å². The van der Waals surface area contributed by atoms with Crippen LogP contribution in [-0.4, -0.2) is 27.9 Å². The van der Waals surface area contributed by atoms with Crippen molar-refractivity contribution in [2.75, 3.05) is 18.0 Å². The van der Waals surface area contributed by atoms with Crippen LogP contribution in [0.3, 0.4) is 0 Å². The monoisotopic (exact) mass is 321 g/mol. The number of nitrogens with one attached hydrogen (secondary N) is 1. The Morgan fingerprint density at radius 1 is 1.64 bits per heavy atom. The molecule has 1 unspecified atom stereocenters. The maximum atomic E-state index is 11.3. The molecule has 0 spiro atoms. The van der Waals surface area contributed by atoms with E-state index in [9.17, 15) is 4.79 Å². The van der Waals surface area contributed by atoms with Crippen LogP contribution >= 0.6 is 31.9 Å². The van der Waals surface area contributed by atoms with Crippen LogP contribution in [0.25, 0.3) is 0 Å². The van der Waals surface area contributed by atoms with E-state index in [0.29, 0.717) is 9.30 Å². The molecule has 1 N–H and O–H groups in total. The second-order valence-corrected chi connectivity index (χ2v) is 5.29. The number of anilines is 1. The van der Waals surface area contributed by atoms with E-state index in [2.05, 4.69) is 46.7 Å². The summed E-state index contributed by atoms with van der Waals surface area (Å²) in [5, 5.41) is 0. The van der Waals surface area contributed by atoms with Gasteiger partial charge in [-0.3, -0.25) is 4.79 Å². The first-order valence-electron chi connectivity index (χ1n) is 4.30. The molecule has 1 saturated heterocycles. The minimum atomic E-state index is -0.131. The van der Waals surface area contributed by atoms with Gasteiger partial charge < -0.3 is 9.88 Å². The molecule has 0 amide bonds. The molecule has 6 heteroatoms. The van der Waals surface area contributed by atoms with E-state index in [1.54, 1.807) is 0 Å². The molecule has 1 aromatic rings. The van der Waals surface area contributed by atoms with Crippen molar-refractivity contribution in [1.29, 1.82) is 0 Å². The van der Waals surface area contributed by atoms with Gasteiger partial charge >= 0.3 is 0 Å². The van der Waals surface area contributed by atoms with Crippen LogP contribution < -0.4 is 10.5 Å². The third-order valence-corrected chi connectivity index (χ3v) is 3.67. The van der Waals surface area contributed by atoms with Gasteiger partial charge in [0, 0.05) is 17.9 Å². The Hall–Kier alpha value is -0.360. The Morgan fingerprint density at radius 2 is 2.43 bits per heavy atom. The van der Waals surface area contributed by atoms with E-state index in [-0.39, 0.29) is 5.56 Å². The van der Waals surface area contributed by atoms with Gasteiger partial charge in [-0.2, -0.15) is 0 Å². The maximum Gasteiger partial charge on any atom is 0.267 e. The highest BCUT2D eigenvalue weighted by atomic mass is 79.9. The summed E-state index contributed by atoms with van der Waals surface area (Å²) in [6.45, 7) is 1.83. The fourth-order valence-corrected chi connectivity index (χ4v) is 2.53. The van der Waals surface area contributed by atoms with E-state index < -0.39 is 0 Å². The second kappa shape index (κ2) is 4.02. The Kier molecular flexibility index (Phi) is 2.92. The van der Waals surface area contributed by atoms with Crippen LogP contribution in [0.5, 0.6) is 0 Å². The molecule has 1 aromatic heterocycles. The molecule has 2 rings (SSSR count). The standard InChI is InChI=1S/C8H9Br2N3O/c9-5-1-2-13(3-5)7-6(10)8(14)12-4-11-7/h4-5H,1-3H2,(H,11,12,14). The lowest BCUT2D eigenvalue weighted by molar-refractivity contribution is 0.914. The molecule has 1 aliphatic rings. The highest BCUT2D eigenvalue weighted by Gasteiger charge is 2.23. The largest absolute Gasteiger partial charge is 0.354 e. The van der Waals surface area contributed by atoms with Crippen molar-refractivity contribution < 1.29 is 0 Å². The fourth-order valence-electron chi connectivity index (χ4n) is 1.50. The highest BCUT2D eigenvalue weighted by molar-refractivity contribution is 9.10. The number of rotatable bonds is 1. The van der Waals surface area contributed by atoms with Crippen LogP contribution in [0, 0.1) is 0 Å². The molecular formula is C8H9Br2N3O. The molecule has 0 bridgehead atoms. The maximum absolute atomic E-state index is 11.3. The van der Waals surface area contributed by atoms with Crippen molar-refractivity contribution in [3.05, 3.63) is 21.2 Å². The molecule has 1 atom stereocenters. The van der Waals surface area contributed by atoms with Crippen LogP contribution in [0.15, 0.2) is 15.6 Å². The van der Waals surface area contributed by atoms with Crippen molar-refractivity contribution in [2.45, 2.75) is 11.2 Å². The molecule has 0 radical (unpaired) electrons. The molecule has 14 heavy (non-hydrogen) atoms.